The average molecular weight is 342 g/mol. The number of ether oxygens (including phenoxy) is 1. The Balaban J connectivity index is 2.05. The van der Waals surface area contributed by atoms with Crippen LogP contribution in [0.2, 0.25) is 0 Å². The minimum atomic E-state index is -4.43. The maximum Gasteiger partial charge on any atom is 0.416 e. The summed E-state index contributed by atoms with van der Waals surface area (Å²) in [4.78, 5) is 12.2. The lowest BCUT2D eigenvalue weighted by Crippen LogP contribution is -2.29. The Morgan fingerprint density at radius 1 is 1.33 bits per heavy atom. The van der Waals surface area contributed by atoms with Crippen molar-refractivity contribution >= 4 is 5.91 Å². The van der Waals surface area contributed by atoms with Crippen LogP contribution < -0.4 is 5.32 Å². The van der Waals surface area contributed by atoms with Crippen LogP contribution in [0.1, 0.15) is 34.7 Å². The molecule has 1 aromatic carbocycles. The zero-order valence-electron chi connectivity index (χ0n) is 13.2. The molecule has 2 aromatic rings. The van der Waals surface area contributed by atoms with Gasteiger partial charge in [-0.25, -0.2) is 0 Å². The molecule has 2 rings (SSSR count). The molecule has 0 aliphatic carbocycles. The normalized spacial score (nSPS) is 12.9. The van der Waals surface area contributed by atoms with Crippen LogP contribution in [0.25, 0.3) is 0 Å². The van der Waals surface area contributed by atoms with E-state index >= 15 is 0 Å². The van der Waals surface area contributed by atoms with Crippen LogP contribution in [0.4, 0.5) is 13.2 Å². The van der Waals surface area contributed by atoms with Crippen LogP contribution in [0.5, 0.6) is 0 Å². The van der Waals surface area contributed by atoms with E-state index < -0.39 is 23.7 Å². The van der Waals surface area contributed by atoms with Gasteiger partial charge in [0.15, 0.2) is 5.82 Å². The van der Waals surface area contributed by atoms with Crippen molar-refractivity contribution in [3.05, 3.63) is 47.5 Å². The second-order valence-corrected chi connectivity index (χ2v) is 5.15. The van der Waals surface area contributed by atoms with Crippen LogP contribution >= 0.6 is 0 Å². The molecular formula is C15H17F3N4O2. The number of aromatic nitrogens is 3. The molecule has 0 spiro atoms. The van der Waals surface area contributed by atoms with Crippen LogP contribution in [-0.4, -0.2) is 34.4 Å². The van der Waals surface area contributed by atoms with E-state index in [1.165, 1.54) is 6.33 Å². The minimum Gasteiger partial charge on any atom is -0.383 e. The summed E-state index contributed by atoms with van der Waals surface area (Å²) in [6, 6.07) is 3.57. The zero-order valence-corrected chi connectivity index (χ0v) is 13.2. The summed E-state index contributed by atoms with van der Waals surface area (Å²) in [5.41, 5.74) is -0.663. The highest BCUT2D eigenvalue weighted by molar-refractivity contribution is 5.94. The maximum absolute atomic E-state index is 12.5. The molecule has 0 unspecified atom stereocenters. The third kappa shape index (κ3) is 4.31. The first-order valence-electron chi connectivity index (χ1n) is 7.17. The molecule has 24 heavy (non-hydrogen) atoms. The number of amides is 1. The molecule has 130 valence electrons. The van der Waals surface area contributed by atoms with Gasteiger partial charge in [0.25, 0.3) is 5.91 Å². The highest BCUT2D eigenvalue weighted by Gasteiger charge is 2.30. The second-order valence-electron chi connectivity index (χ2n) is 5.15. The number of carbonyl (C=O) groups excluding carboxylic acids is 1. The van der Waals surface area contributed by atoms with Gasteiger partial charge in [0, 0.05) is 19.2 Å². The number of alkyl halides is 3. The van der Waals surface area contributed by atoms with Crippen molar-refractivity contribution in [2.45, 2.75) is 25.7 Å². The van der Waals surface area contributed by atoms with Crippen LogP contribution in [-0.2, 0) is 17.5 Å². The van der Waals surface area contributed by atoms with Gasteiger partial charge in [0.2, 0.25) is 0 Å². The summed E-state index contributed by atoms with van der Waals surface area (Å²) in [7, 11) is 1.57. The second kappa shape index (κ2) is 7.43. The molecule has 0 fully saturated rings. The summed E-state index contributed by atoms with van der Waals surface area (Å²) >= 11 is 0. The third-order valence-electron chi connectivity index (χ3n) is 3.39. The van der Waals surface area contributed by atoms with Crippen LogP contribution in [0.3, 0.4) is 0 Å². The lowest BCUT2D eigenvalue weighted by molar-refractivity contribution is -0.137. The SMILES string of the molecule is COCCn1cnnc1[C@H](C)NC(=O)c1ccc(C(F)(F)F)cc1. The Morgan fingerprint density at radius 2 is 2.00 bits per heavy atom. The van der Waals surface area contributed by atoms with Gasteiger partial charge < -0.3 is 14.6 Å². The monoisotopic (exact) mass is 342 g/mol. The van der Waals surface area contributed by atoms with E-state index in [0.29, 0.717) is 19.0 Å². The molecule has 0 bridgehead atoms. The number of hydrogen-bond donors (Lipinski definition) is 1. The van der Waals surface area contributed by atoms with Crippen LogP contribution in [0.15, 0.2) is 30.6 Å². The smallest absolute Gasteiger partial charge is 0.383 e. The van der Waals surface area contributed by atoms with E-state index in [0.717, 1.165) is 24.3 Å². The summed E-state index contributed by atoms with van der Waals surface area (Å²) in [6.45, 7) is 2.71. The molecule has 9 heteroatoms. The quantitative estimate of drug-likeness (QED) is 0.875. The predicted molar refractivity (Wildman–Crippen MR) is 79.2 cm³/mol. The molecule has 6 nitrogen and oxygen atoms in total. The number of halogens is 3. The van der Waals surface area contributed by atoms with Crippen molar-refractivity contribution in [2.75, 3.05) is 13.7 Å². The Bertz CT molecular complexity index is 683. The topological polar surface area (TPSA) is 69.0 Å². The third-order valence-corrected chi connectivity index (χ3v) is 3.39. The van der Waals surface area contributed by atoms with Crippen molar-refractivity contribution in [2.24, 2.45) is 0 Å². The number of carbonyl (C=O) groups is 1. The van der Waals surface area contributed by atoms with Gasteiger partial charge in [-0.2, -0.15) is 13.2 Å². The fourth-order valence-corrected chi connectivity index (χ4v) is 2.12. The molecule has 0 aliphatic heterocycles. The van der Waals surface area contributed by atoms with Gasteiger partial charge in [-0.05, 0) is 31.2 Å². The Hall–Kier alpha value is -2.42. The number of rotatable bonds is 6. The lowest BCUT2D eigenvalue weighted by atomic mass is 10.1. The van der Waals surface area contributed by atoms with Crippen molar-refractivity contribution in [3.63, 3.8) is 0 Å². The van der Waals surface area contributed by atoms with E-state index in [1.807, 2.05) is 0 Å². The van der Waals surface area contributed by atoms with Gasteiger partial charge >= 0.3 is 6.18 Å². The van der Waals surface area contributed by atoms with E-state index in [1.54, 1.807) is 18.6 Å². The minimum absolute atomic E-state index is 0.137. The first-order valence-corrected chi connectivity index (χ1v) is 7.17. The molecule has 1 N–H and O–H groups in total. The first kappa shape index (κ1) is 17.9. The van der Waals surface area contributed by atoms with E-state index in [4.69, 9.17) is 4.74 Å². The molecule has 1 amide bonds. The molecule has 1 atom stereocenters. The Labute approximate surface area is 136 Å². The van der Waals surface area contributed by atoms with Gasteiger partial charge in [-0.15, -0.1) is 10.2 Å². The van der Waals surface area contributed by atoms with E-state index in [9.17, 15) is 18.0 Å². The van der Waals surface area contributed by atoms with Crippen molar-refractivity contribution in [1.29, 1.82) is 0 Å². The largest absolute Gasteiger partial charge is 0.416 e. The molecule has 1 heterocycles. The summed E-state index contributed by atoms with van der Waals surface area (Å²) < 4.78 is 44.3. The number of nitrogens with zero attached hydrogens (tertiary/aromatic N) is 3. The van der Waals surface area contributed by atoms with Crippen molar-refractivity contribution in [1.82, 2.24) is 20.1 Å². The van der Waals surface area contributed by atoms with E-state index in [2.05, 4.69) is 15.5 Å². The predicted octanol–water partition coefficient (Wildman–Crippen LogP) is 2.43. The fourth-order valence-electron chi connectivity index (χ4n) is 2.12. The summed E-state index contributed by atoms with van der Waals surface area (Å²) in [5, 5.41) is 10.4. The molecule has 0 saturated heterocycles. The highest BCUT2D eigenvalue weighted by Crippen LogP contribution is 2.29. The van der Waals surface area contributed by atoms with Crippen molar-refractivity contribution < 1.29 is 22.7 Å². The van der Waals surface area contributed by atoms with Gasteiger partial charge in [0.05, 0.1) is 18.2 Å². The number of hydrogen-bond acceptors (Lipinski definition) is 4. The Morgan fingerprint density at radius 3 is 2.58 bits per heavy atom. The van der Waals surface area contributed by atoms with Crippen LogP contribution in [0, 0.1) is 0 Å². The van der Waals surface area contributed by atoms with Gasteiger partial charge in [-0.3, -0.25) is 4.79 Å². The number of methoxy groups -OCH3 is 1. The van der Waals surface area contributed by atoms with Gasteiger partial charge in [-0.1, -0.05) is 0 Å². The van der Waals surface area contributed by atoms with Gasteiger partial charge in [0.1, 0.15) is 6.33 Å². The lowest BCUT2D eigenvalue weighted by Gasteiger charge is -2.15. The number of benzene rings is 1. The molecular weight excluding hydrogens is 325 g/mol. The van der Waals surface area contributed by atoms with Crippen molar-refractivity contribution in [3.8, 4) is 0 Å². The maximum atomic E-state index is 12.5. The summed E-state index contributed by atoms with van der Waals surface area (Å²) in [5.74, 6) is 0.0461. The Kier molecular flexibility index (Phi) is 5.55. The molecule has 0 saturated carbocycles. The average Bonchev–Trinajstić information content (AvgIpc) is 3.00. The molecule has 0 aliphatic rings. The molecule has 0 radical (unpaired) electrons. The molecule has 1 aromatic heterocycles. The zero-order chi connectivity index (χ0) is 17.7. The summed E-state index contributed by atoms with van der Waals surface area (Å²) in [6.07, 6.45) is -2.91. The fraction of sp³-hybridized carbons (Fsp3) is 0.400. The highest BCUT2D eigenvalue weighted by atomic mass is 19.4. The standard InChI is InChI=1S/C15H17F3N4O2/c1-10(13-21-19-9-22(13)7-8-24-2)20-14(23)11-3-5-12(6-4-11)15(16,17)18/h3-6,9-10H,7-8H2,1-2H3,(H,20,23)/t10-/m0/s1. The number of nitrogens with one attached hydrogen (secondary N) is 1. The van der Waals surface area contributed by atoms with E-state index in [-0.39, 0.29) is 5.56 Å². The first-order chi connectivity index (χ1) is 11.3.